The molecule has 5 aliphatic heterocycles. The molecule has 4 aromatic rings. The standard InChI is InChI=1S/C37H34F2N6O2/c1-5-22-11-24(38)12-23-7-6-8-26(28(22)23)31-30(39)32-29-34(45-17-25-9-10-27(40-25)33(45)21(4)47-35(29)41-31)43-36(42-32)46-18-37-13-19(2)15-44(37)16-20(3)14-37/h1,6-8,11-12,21,25,27,33,40H,2-3,9-10,13-18H2,4H3. The highest BCUT2D eigenvalue weighted by molar-refractivity contribution is 6.03. The lowest BCUT2D eigenvalue weighted by atomic mass is 9.92. The summed E-state index contributed by atoms with van der Waals surface area (Å²) in [5, 5.41) is 5.23. The molecule has 4 saturated heterocycles. The Morgan fingerprint density at radius 2 is 1.91 bits per heavy atom. The van der Waals surface area contributed by atoms with Gasteiger partial charge in [-0.05, 0) is 50.1 Å². The number of fused-ring (bicyclic) bond motifs is 7. The Morgan fingerprint density at radius 1 is 1.11 bits per heavy atom. The van der Waals surface area contributed by atoms with Crippen molar-refractivity contribution in [1.82, 2.24) is 25.2 Å². The molecule has 0 saturated carbocycles. The zero-order valence-electron chi connectivity index (χ0n) is 26.2. The molecule has 2 bridgehead atoms. The molecule has 238 valence electrons. The summed E-state index contributed by atoms with van der Waals surface area (Å²) in [6, 6.07) is 8.41. The van der Waals surface area contributed by atoms with Gasteiger partial charge in [0.2, 0.25) is 5.88 Å². The van der Waals surface area contributed by atoms with Crippen LogP contribution in [0.25, 0.3) is 32.9 Å². The van der Waals surface area contributed by atoms with Gasteiger partial charge in [-0.1, -0.05) is 48.4 Å². The number of terminal acetylenes is 1. The SMILES string of the molecule is C#Cc1cc(F)cc2cccc(-c3nc4c5c(nc(OCC67CC(=C)CN6CC(=C)C7)nc5c3F)N3CC5CCC(N5)C3C(C)O4)c12. The summed E-state index contributed by atoms with van der Waals surface area (Å²) in [6.07, 6.45) is 9.18. The average molecular weight is 633 g/mol. The molecule has 4 fully saturated rings. The number of ether oxygens (including phenoxy) is 2. The van der Waals surface area contributed by atoms with Crippen molar-refractivity contribution >= 4 is 27.5 Å². The van der Waals surface area contributed by atoms with Gasteiger partial charge in [-0.15, -0.1) is 6.42 Å². The van der Waals surface area contributed by atoms with Crippen LogP contribution >= 0.6 is 0 Å². The van der Waals surface area contributed by atoms with Crippen LogP contribution in [-0.4, -0.2) is 75.9 Å². The predicted molar refractivity (Wildman–Crippen MR) is 177 cm³/mol. The summed E-state index contributed by atoms with van der Waals surface area (Å²) < 4.78 is 44.7. The summed E-state index contributed by atoms with van der Waals surface area (Å²) in [6.45, 7) is 13.1. The first-order valence-electron chi connectivity index (χ1n) is 16.2. The number of halogens is 2. The molecule has 10 heteroatoms. The average Bonchev–Trinajstić information content (AvgIpc) is 3.64. The molecule has 47 heavy (non-hydrogen) atoms. The Balaban J connectivity index is 1.25. The Hall–Kier alpha value is -4.59. The molecule has 4 atom stereocenters. The van der Waals surface area contributed by atoms with Gasteiger partial charge < -0.3 is 19.7 Å². The fourth-order valence-electron chi connectivity index (χ4n) is 8.89. The largest absolute Gasteiger partial charge is 0.472 e. The first-order chi connectivity index (χ1) is 22.7. The number of rotatable bonds is 4. The molecule has 0 radical (unpaired) electrons. The first kappa shape index (κ1) is 28.6. The van der Waals surface area contributed by atoms with E-state index in [-0.39, 0.29) is 52.9 Å². The maximum absolute atomic E-state index is 17.1. The van der Waals surface area contributed by atoms with Gasteiger partial charge >= 0.3 is 6.01 Å². The van der Waals surface area contributed by atoms with E-state index in [1.165, 1.54) is 12.1 Å². The third-order valence-corrected chi connectivity index (χ3v) is 10.7. The second-order valence-electron chi connectivity index (χ2n) is 13.9. The van der Waals surface area contributed by atoms with Gasteiger partial charge in [-0.25, -0.2) is 13.8 Å². The molecule has 0 aliphatic carbocycles. The second kappa shape index (κ2) is 10.2. The van der Waals surface area contributed by atoms with Crippen LogP contribution in [0.1, 0.15) is 38.2 Å². The minimum Gasteiger partial charge on any atom is -0.472 e. The van der Waals surface area contributed by atoms with Crippen LogP contribution in [0.2, 0.25) is 0 Å². The van der Waals surface area contributed by atoms with Crippen LogP contribution in [0.4, 0.5) is 14.6 Å². The number of hydrogen-bond donors (Lipinski definition) is 1. The van der Waals surface area contributed by atoms with Crippen molar-refractivity contribution in [3.63, 3.8) is 0 Å². The molecule has 9 rings (SSSR count). The maximum atomic E-state index is 17.1. The second-order valence-corrected chi connectivity index (χ2v) is 13.9. The fraction of sp³-hybridized carbons (Fsp3) is 0.378. The first-order valence-corrected chi connectivity index (χ1v) is 16.2. The Labute approximate surface area is 271 Å². The van der Waals surface area contributed by atoms with Gasteiger partial charge in [-0.2, -0.15) is 9.97 Å². The number of aromatic nitrogens is 3. The molecule has 5 aliphatic rings. The van der Waals surface area contributed by atoms with Gasteiger partial charge in [0.1, 0.15) is 40.9 Å². The summed E-state index contributed by atoms with van der Waals surface area (Å²) in [4.78, 5) is 19.2. The molecule has 0 spiro atoms. The van der Waals surface area contributed by atoms with Crippen LogP contribution in [0.15, 0.2) is 54.6 Å². The van der Waals surface area contributed by atoms with Gasteiger partial charge in [0, 0.05) is 48.2 Å². The summed E-state index contributed by atoms with van der Waals surface area (Å²) in [7, 11) is 0. The van der Waals surface area contributed by atoms with E-state index in [2.05, 4.69) is 34.2 Å². The van der Waals surface area contributed by atoms with E-state index in [9.17, 15) is 4.39 Å². The van der Waals surface area contributed by atoms with Crippen molar-refractivity contribution in [2.75, 3.05) is 31.1 Å². The zero-order valence-corrected chi connectivity index (χ0v) is 26.2. The molecular formula is C37H34F2N6O2. The summed E-state index contributed by atoms with van der Waals surface area (Å²) in [5.41, 5.74) is 2.86. The monoisotopic (exact) mass is 632 g/mol. The highest BCUT2D eigenvalue weighted by Gasteiger charge is 2.49. The van der Waals surface area contributed by atoms with Crippen LogP contribution in [0.3, 0.4) is 0 Å². The Morgan fingerprint density at radius 3 is 2.70 bits per heavy atom. The molecule has 4 unspecified atom stereocenters. The van der Waals surface area contributed by atoms with Gasteiger partial charge in [0.25, 0.3) is 0 Å². The van der Waals surface area contributed by atoms with Crippen LogP contribution in [-0.2, 0) is 0 Å². The van der Waals surface area contributed by atoms with Crippen molar-refractivity contribution in [3.05, 3.63) is 71.8 Å². The van der Waals surface area contributed by atoms with E-state index in [0.717, 1.165) is 49.9 Å². The number of nitrogens with zero attached hydrogens (tertiary/aromatic N) is 5. The number of anilines is 1. The summed E-state index contributed by atoms with van der Waals surface area (Å²) >= 11 is 0. The zero-order chi connectivity index (χ0) is 32.2. The topological polar surface area (TPSA) is 75.6 Å². The van der Waals surface area contributed by atoms with E-state index in [0.29, 0.717) is 46.3 Å². The highest BCUT2D eigenvalue weighted by atomic mass is 19.1. The van der Waals surface area contributed by atoms with E-state index in [1.807, 2.05) is 6.92 Å². The van der Waals surface area contributed by atoms with Crippen molar-refractivity contribution in [3.8, 4) is 35.5 Å². The van der Waals surface area contributed by atoms with Gasteiger partial charge in [-0.3, -0.25) is 4.90 Å². The fourth-order valence-corrected chi connectivity index (χ4v) is 8.89. The van der Waals surface area contributed by atoms with Crippen molar-refractivity contribution in [2.24, 2.45) is 0 Å². The molecule has 2 aromatic heterocycles. The number of pyridine rings is 1. The number of benzene rings is 2. The normalized spacial score (nSPS) is 25.9. The van der Waals surface area contributed by atoms with Crippen LogP contribution < -0.4 is 19.7 Å². The van der Waals surface area contributed by atoms with E-state index in [4.69, 9.17) is 30.8 Å². The lowest BCUT2D eigenvalue weighted by molar-refractivity contribution is 0.108. The lowest BCUT2D eigenvalue weighted by Gasteiger charge is -2.42. The third kappa shape index (κ3) is 4.29. The van der Waals surface area contributed by atoms with Crippen molar-refractivity contribution in [2.45, 2.75) is 62.4 Å². The Kier molecular flexibility index (Phi) is 6.21. The summed E-state index contributed by atoms with van der Waals surface area (Å²) in [5.74, 6) is 2.28. The van der Waals surface area contributed by atoms with E-state index < -0.39 is 11.6 Å². The minimum atomic E-state index is -0.645. The minimum absolute atomic E-state index is 0.0208. The van der Waals surface area contributed by atoms with E-state index in [1.54, 1.807) is 18.2 Å². The number of nitrogens with one attached hydrogen (secondary N) is 1. The molecule has 0 amide bonds. The molecule has 7 heterocycles. The van der Waals surface area contributed by atoms with Gasteiger partial charge in [0.05, 0.1) is 11.6 Å². The van der Waals surface area contributed by atoms with Crippen LogP contribution in [0, 0.1) is 24.0 Å². The smallest absolute Gasteiger partial charge is 0.319 e. The number of hydrogen-bond acceptors (Lipinski definition) is 8. The third-order valence-electron chi connectivity index (χ3n) is 10.7. The van der Waals surface area contributed by atoms with Crippen molar-refractivity contribution in [1.29, 1.82) is 0 Å². The molecular weight excluding hydrogens is 598 g/mol. The van der Waals surface area contributed by atoms with Crippen LogP contribution in [0.5, 0.6) is 11.9 Å². The lowest BCUT2D eigenvalue weighted by Crippen LogP contribution is -2.62. The highest BCUT2D eigenvalue weighted by Crippen LogP contribution is 2.46. The predicted octanol–water partition coefficient (Wildman–Crippen LogP) is 5.53. The maximum Gasteiger partial charge on any atom is 0.319 e. The molecule has 2 aromatic carbocycles. The quantitative estimate of drug-likeness (QED) is 0.233. The Bertz CT molecular complexity index is 2070. The molecule has 1 N–H and O–H groups in total. The molecule has 8 nitrogen and oxygen atoms in total. The van der Waals surface area contributed by atoms with Gasteiger partial charge in [0.15, 0.2) is 5.82 Å². The van der Waals surface area contributed by atoms with Crippen molar-refractivity contribution < 1.29 is 18.3 Å². The number of piperazine rings is 1. The van der Waals surface area contributed by atoms with E-state index >= 15 is 4.39 Å².